The first-order valence-corrected chi connectivity index (χ1v) is 7.00. The number of benzene rings is 1. The molecule has 7 heteroatoms. The fourth-order valence-electron chi connectivity index (χ4n) is 2.55. The third-order valence-electron chi connectivity index (χ3n) is 3.72. The van der Waals surface area contributed by atoms with Crippen molar-refractivity contribution in [3.63, 3.8) is 0 Å². The molecule has 0 unspecified atom stereocenters. The van der Waals surface area contributed by atoms with Crippen LogP contribution in [0.25, 0.3) is 0 Å². The van der Waals surface area contributed by atoms with Crippen LogP contribution in [0.15, 0.2) is 18.2 Å². The molecule has 0 saturated heterocycles. The van der Waals surface area contributed by atoms with Gasteiger partial charge in [-0.1, -0.05) is 12.8 Å². The molecule has 4 N–H and O–H groups in total. The molecule has 0 bridgehead atoms. The molecule has 1 aliphatic rings. The van der Waals surface area contributed by atoms with Gasteiger partial charge in [-0.15, -0.1) is 12.4 Å². The van der Waals surface area contributed by atoms with E-state index in [1.54, 1.807) is 18.2 Å². The average Bonchev–Trinajstić information content (AvgIpc) is 2.88. The fraction of sp³-hybridized carbons (Fsp3) is 0.467. The van der Waals surface area contributed by atoms with E-state index in [1.807, 2.05) is 0 Å². The SMILES string of the molecule is COc1cc(NC(=O)C2(N)CCCC2)ccc1NC(C)=O.Cl. The highest BCUT2D eigenvalue weighted by Gasteiger charge is 2.37. The number of ether oxygens (including phenoxy) is 1. The number of halogens is 1. The molecule has 122 valence electrons. The van der Waals surface area contributed by atoms with Crippen LogP contribution in [0.2, 0.25) is 0 Å². The van der Waals surface area contributed by atoms with Crippen molar-refractivity contribution in [3.8, 4) is 5.75 Å². The van der Waals surface area contributed by atoms with E-state index in [1.165, 1.54) is 14.0 Å². The van der Waals surface area contributed by atoms with E-state index in [2.05, 4.69) is 10.6 Å². The van der Waals surface area contributed by atoms with Crippen LogP contribution >= 0.6 is 12.4 Å². The maximum atomic E-state index is 12.3. The van der Waals surface area contributed by atoms with Gasteiger partial charge < -0.3 is 21.1 Å². The van der Waals surface area contributed by atoms with Crippen LogP contribution in [-0.4, -0.2) is 24.5 Å². The number of carbonyl (C=O) groups excluding carboxylic acids is 2. The molecule has 0 spiro atoms. The van der Waals surface area contributed by atoms with Crippen molar-refractivity contribution in [1.29, 1.82) is 0 Å². The van der Waals surface area contributed by atoms with Crippen molar-refractivity contribution in [3.05, 3.63) is 18.2 Å². The lowest BCUT2D eigenvalue weighted by atomic mass is 9.98. The summed E-state index contributed by atoms with van der Waals surface area (Å²) < 4.78 is 5.22. The molecule has 0 radical (unpaired) electrons. The monoisotopic (exact) mass is 327 g/mol. The Morgan fingerprint density at radius 2 is 1.86 bits per heavy atom. The van der Waals surface area contributed by atoms with Crippen LogP contribution in [0.5, 0.6) is 5.75 Å². The van der Waals surface area contributed by atoms with E-state index >= 15 is 0 Å². The van der Waals surface area contributed by atoms with Crippen molar-refractivity contribution in [2.24, 2.45) is 5.73 Å². The van der Waals surface area contributed by atoms with E-state index in [0.29, 0.717) is 30.0 Å². The lowest BCUT2D eigenvalue weighted by Gasteiger charge is -2.22. The van der Waals surface area contributed by atoms with Crippen LogP contribution in [-0.2, 0) is 9.59 Å². The molecule has 0 aromatic heterocycles. The fourth-order valence-corrected chi connectivity index (χ4v) is 2.55. The molecular weight excluding hydrogens is 306 g/mol. The Morgan fingerprint density at radius 1 is 1.23 bits per heavy atom. The molecule has 6 nitrogen and oxygen atoms in total. The zero-order valence-electron chi connectivity index (χ0n) is 12.8. The lowest BCUT2D eigenvalue weighted by molar-refractivity contribution is -0.121. The average molecular weight is 328 g/mol. The minimum Gasteiger partial charge on any atom is -0.494 e. The molecule has 1 aromatic carbocycles. The highest BCUT2D eigenvalue weighted by molar-refractivity contribution is 5.99. The Morgan fingerprint density at radius 3 is 2.41 bits per heavy atom. The minimum atomic E-state index is -0.774. The topological polar surface area (TPSA) is 93.4 Å². The number of anilines is 2. The Bertz CT molecular complexity index is 557. The van der Waals surface area contributed by atoms with Gasteiger partial charge in [0.25, 0.3) is 0 Å². The molecular formula is C15H22ClN3O3. The van der Waals surface area contributed by atoms with E-state index in [4.69, 9.17) is 10.5 Å². The lowest BCUT2D eigenvalue weighted by Crippen LogP contribution is -2.48. The largest absolute Gasteiger partial charge is 0.494 e. The van der Waals surface area contributed by atoms with Gasteiger partial charge in [-0.05, 0) is 25.0 Å². The number of hydrogen-bond donors (Lipinski definition) is 3. The van der Waals surface area contributed by atoms with Crippen LogP contribution in [0.4, 0.5) is 11.4 Å². The normalized spacial score (nSPS) is 15.6. The molecule has 1 fully saturated rings. The predicted molar refractivity (Wildman–Crippen MR) is 88.6 cm³/mol. The summed E-state index contributed by atoms with van der Waals surface area (Å²) in [5.74, 6) is 0.131. The van der Waals surface area contributed by atoms with Gasteiger partial charge in [-0.3, -0.25) is 9.59 Å². The van der Waals surface area contributed by atoms with Crippen molar-refractivity contribution < 1.29 is 14.3 Å². The second-order valence-corrected chi connectivity index (χ2v) is 5.41. The molecule has 0 atom stereocenters. The van der Waals surface area contributed by atoms with Crippen molar-refractivity contribution >= 4 is 35.6 Å². The summed E-state index contributed by atoms with van der Waals surface area (Å²) in [5.41, 5.74) is 6.50. The van der Waals surface area contributed by atoms with Gasteiger partial charge in [-0.25, -0.2) is 0 Å². The quantitative estimate of drug-likeness (QED) is 0.791. The van der Waals surface area contributed by atoms with Gasteiger partial charge in [0, 0.05) is 18.7 Å². The van der Waals surface area contributed by atoms with Crippen molar-refractivity contribution in [2.45, 2.75) is 38.1 Å². The highest BCUT2D eigenvalue weighted by atomic mass is 35.5. The maximum Gasteiger partial charge on any atom is 0.244 e. The standard InChI is InChI=1S/C15H21N3O3.ClH/c1-10(19)17-12-6-5-11(9-13(12)21-2)18-14(20)15(16)7-3-4-8-15;/h5-6,9H,3-4,7-8,16H2,1-2H3,(H,17,19)(H,18,20);1H. The maximum absolute atomic E-state index is 12.3. The predicted octanol–water partition coefficient (Wildman–Crippen LogP) is 2.29. The number of amides is 2. The van der Waals surface area contributed by atoms with Crippen molar-refractivity contribution in [2.75, 3.05) is 17.7 Å². The highest BCUT2D eigenvalue weighted by Crippen LogP contribution is 2.31. The van der Waals surface area contributed by atoms with Crippen LogP contribution < -0.4 is 21.1 Å². The molecule has 1 aliphatic carbocycles. The number of nitrogens with two attached hydrogens (primary N) is 1. The molecule has 22 heavy (non-hydrogen) atoms. The Labute approximate surface area is 136 Å². The molecule has 2 rings (SSSR count). The second-order valence-electron chi connectivity index (χ2n) is 5.41. The van der Waals surface area contributed by atoms with Gasteiger partial charge in [0.2, 0.25) is 11.8 Å². The summed E-state index contributed by atoms with van der Waals surface area (Å²) in [4.78, 5) is 23.4. The molecule has 1 saturated carbocycles. The number of hydrogen-bond acceptors (Lipinski definition) is 4. The number of rotatable bonds is 4. The number of carbonyl (C=O) groups is 2. The minimum absolute atomic E-state index is 0. The van der Waals surface area contributed by atoms with E-state index in [0.717, 1.165) is 12.8 Å². The van der Waals surface area contributed by atoms with Crippen LogP contribution in [0.3, 0.4) is 0 Å². The first kappa shape index (κ1) is 18.3. The Kier molecular flexibility index (Phi) is 6.20. The van der Waals surface area contributed by atoms with Crippen LogP contribution in [0.1, 0.15) is 32.6 Å². The summed E-state index contributed by atoms with van der Waals surface area (Å²) in [5, 5.41) is 5.49. The zero-order valence-corrected chi connectivity index (χ0v) is 13.6. The molecule has 2 amide bonds. The first-order chi connectivity index (χ1) is 9.94. The Balaban J connectivity index is 0.00000242. The summed E-state index contributed by atoms with van der Waals surface area (Å²) in [7, 11) is 1.51. The van der Waals surface area contributed by atoms with Gasteiger partial charge in [-0.2, -0.15) is 0 Å². The van der Waals surface area contributed by atoms with Gasteiger partial charge in [0.05, 0.1) is 18.3 Å². The Hall–Kier alpha value is -1.79. The molecule has 0 aliphatic heterocycles. The third-order valence-corrected chi connectivity index (χ3v) is 3.72. The number of nitrogens with one attached hydrogen (secondary N) is 2. The van der Waals surface area contributed by atoms with E-state index < -0.39 is 5.54 Å². The summed E-state index contributed by atoms with van der Waals surface area (Å²) >= 11 is 0. The molecule has 0 heterocycles. The third kappa shape index (κ3) is 4.11. The molecule has 1 aromatic rings. The van der Waals surface area contributed by atoms with Gasteiger partial charge >= 0.3 is 0 Å². The first-order valence-electron chi connectivity index (χ1n) is 7.00. The summed E-state index contributed by atoms with van der Waals surface area (Å²) in [6.45, 7) is 1.42. The van der Waals surface area contributed by atoms with E-state index in [9.17, 15) is 9.59 Å². The second kappa shape index (κ2) is 7.47. The van der Waals surface area contributed by atoms with Crippen LogP contribution in [0, 0.1) is 0 Å². The van der Waals surface area contributed by atoms with Gasteiger partial charge in [0.15, 0.2) is 0 Å². The zero-order chi connectivity index (χ0) is 15.5. The van der Waals surface area contributed by atoms with E-state index in [-0.39, 0.29) is 24.2 Å². The van der Waals surface area contributed by atoms with Gasteiger partial charge in [0.1, 0.15) is 5.75 Å². The number of methoxy groups -OCH3 is 1. The summed E-state index contributed by atoms with van der Waals surface area (Å²) in [6.07, 6.45) is 3.38. The summed E-state index contributed by atoms with van der Waals surface area (Å²) in [6, 6.07) is 5.07. The van der Waals surface area contributed by atoms with Crippen molar-refractivity contribution in [1.82, 2.24) is 0 Å². The smallest absolute Gasteiger partial charge is 0.244 e.